The predicted molar refractivity (Wildman–Crippen MR) is 82.7 cm³/mol. The maximum atomic E-state index is 12.2. The summed E-state index contributed by atoms with van der Waals surface area (Å²) in [5, 5.41) is 6.46. The van der Waals surface area contributed by atoms with Crippen LogP contribution >= 0.6 is 0 Å². The number of hydrogen-bond donors (Lipinski definition) is 2. The molecule has 1 amide bonds. The molecular weight excluding hydrogens is 250 g/mol. The summed E-state index contributed by atoms with van der Waals surface area (Å²) in [6.07, 6.45) is 6.60. The zero-order chi connectivity index (χ0) is 14.4. The molecule has 0 aromatic rings. The second kappa shape index (κ2) is 7.99. The summed E-state index contributed by atoms with van der Waals surface area (Å²) < 4.78 is 0. The highest BCUT2D eigenvalue weighted by molar-refractivity contribution is 5.81. The van der Waals surface area contributed by atoms with Crippen LogP contribution in [-0.4, -0.2) is 49.6 Å². The Balaban J connectivity index is 1.61. The van der Waals surface area contributed by atoms with Gasteiger partial charge in [-0.3, -0.25) is 9.69 Å². The number of nitrogens with zero attached hydrogens (tertiary/aromatic N) is 1. The molecule has 2 aliphatic rings. The predicted octanol–water partition coefficient (Wildman–Crippen LogP) is 1.61. The van der Waals surface area contributed by atoms with Crippen LogP contribution < -0.4 is 10.6 Å². The topological polar surface area (TPSA) is 44.4 Å². The van der Waals surface area contributed by atoms with Crippen LogP contribution in [0.4, 0.5) is 0 Å². The molecule has 0 bridgehead atoms. The number of piperazine rings is 1. The molecule has 2 N–H and O–H groups in total. The van der Waals surface area contributed by atoms with Crippen LogP contribution in [0, 0.1) is 11.8 Å². The van der Waals surface area contributed by atoms with Crippen LogP contribution in [0.15, 0.2) is 0 Å². The number of carbonyl (C=O) groups is 1. The van der Waals surface area contributed by atoms with Crippen LogP contribution in [0.5, 0.6) is 0 Å². The van der Waals surface area contributed by atoms with E-state index in [2.05, 4.69) is 22.5 Å². The Morgan fingerprint density at radius 2 is 1.90 bits per heavy atom. The van der Waals surface area contributed by atoms with Crippen molar-refractivity contribution < 1.29 is 4.79 Å². The minimum absolute atomic E-state index is 0.0171. The van der Waals surface area contributed by atoms with E-state index < -0.39 is 0 Å². The van der Waals surface area contributed by atoms with Gasteiger partial charge in [0, 0.05) is 32.7 Å². The largest absolute Gasteiger partial charge is 0.355 e. The first-order chi connectivity index (χ1) is 9.66. The SMILES string of the molecule is CC1CCC(CCNC(=O)C(C)N2CCNCC2)CC1. The summed E-state index contributed by atoms with van der Waals surface area (Å²) in [7, 11) is 0. The second-order valence-corrected chi connectivity index (χ2v) is 6.67. The fourth-order valence-corrected chi connectivity index (χ4v) is 3.40. The molecule has 0 spiro atoms. The Hall–Kier alpha value is -0.610. The second-order valence-electron chi connectivity index (χ2n) is 6.67. The minimum Gasteiger partial charge on any atom is -0.355 e. The summed E-state index contributed by atoms with van der Waals surface area (Å²) in [5.41, 5.74) is 0. The lowest BCUT2D eigenvalue weighted by Gasteiger charge is -2.32. The normalized spacial score (nSPS) is 29.9. The van der Waals surface area contributed by atoms with Crippen molar-refractivity contribution in [2.75, 3.05) is 32.7 Å². The molecule has 1 heterocycles. The Labute approximate surface area is 123 Å². The molecule has 1 atom stereocenters. The number of rotatable bonds is 5. The van der Waals surface area contributed by atoms with E-state index in [-0.39, 0.29) is 11.9 Å². The average molecular weight is 281 g/mol. The first-order valence-electron chi connectivity index (χ1n) is 8.39. The Bertz CT molecular complexity index is 294. The van der Waals surface area contributed by atoms with Crippen molar-refractivity contribution in [3.8, 4) is 0 Å². The van der Waals surface area contributed by atoms with E-state index in [1.54, 1.807) is 0 Å². The van der Waals surface area contributed by atoms with E-state index in [9.17, 15) is 4.79 Å². The van der Waals surface area contributed by atoms with E-state index >= 15 is 0 Å². The fraction of sp³-hybridized carbons (Fsp3) is 0.938. The third-order valence-electron chi connectivity index (χ3n) is 5.07. The third kappa shape index (κ3) is 4.74. The first-order valence-corrected chi connectivity index (χ1v) is 8.39. The van der Waals surface area contributed by atoms with Crippen molar-refractivity contribution in [3.05, 3.63) is 0 Å². The van der Waals surface area contributed by atoms with Gasteiger partial charge in [0.1, 0.15) is 0 Å². The van der Waals surface area contributed by atoms with Crippen LogP contribution in [0.1, 0.15) is 46.0 Å². The first kappa shape index (κ1) is 15.8. The molecule has 0 aromatic heterocycles. The Kier molecular flexibility index (Phi) is 6.30. The van der Waals surface area contributed by atoms with Gasteiger partial charge in [-0.15, -0.1) is 0 Å². The maximum absolute atomic E-state index is 12.2. The van der Waals surface area contributed by atoms with Gasteiger partial charge in [0.25, 0.3) is 0 Å². The van der Waals surface area contributed by atoms with E-state index in [0.29, 0.717) is 0 Å². The molecule has 1 saturated heterocycles. The molecule has 0 aromatic carbocycles. The van der Waals surface area contributed by atoms with E-state index in [1.807, 2.05) is 6.92 Å². The summed E-state index contributed by atoms with van der Waals surface area (Å²) in [4.78, 5) is 14.4. The smallest absolute Gasteiger partial charge is 0.237 e. The van der Waals surface area contributed by atoms with Crippen molar-refractivity contribution >= 4 is 5.91 Å². The van der Waals surface area contributed by atoms with Crippen molar-refractivity contribution in [2.45, 2.75) is 52.0 Å². The van der Waals surface area contributed by atoms with E-state index in [0.717, 1.165) is 51.0 Å². The molecular formula is C16H31N3O. The summed E-state index contributed by atoms with van der Waals surface area (Å²) in [5.74, 6) is 1.95. The molecule has 2 rings (SSSR count). The number of hydrogen-bond acceptors (Lipinski definition) is 3. The van der Waals surface area contributed by atoms with Crippen LogP contribution in [0.2, 0.25) is 0 Å². The highest BCUT2D eigenvalue weighted by Crippen LogP contribution is 2.29. The van der Waals surface area contributed by atoms with Gasteiger partial charge in [-0.25, -0.2) is 0 Å². The highest BCUT2D eigenvalue weighted by Gasteiger charge is 2.23. The maximum Gasteiger partial charge on any atom is 0.237 e. The molecule has 1 aliphatic heterocycles. The van der Waals surface area contributed by atoms with Crippen molar-refractivity contribution in [3.63, 3.8) is 0 Å². The molecule has 0 radical (unpaired) electrons. The molecule has 1 aliphatic carbocycles. The van der Waals surface area contributed by atoms with Crippen molar-refractivity contribution in [1.29, 1.82) is 0 Å². The quantitative estimate of drug-likeness (QED) is 0.805. The Morgan fingerprint density at radius 1 is 1.25 bits per heavy atom. The minimum atomic E-state index is 0.0171. The van der Waals surface area contributed by atoms with Gasteiger partial charge in [0.15, 0.2) is 0 Å². The molecule has 20 heavy (non-hydrogen) atoms. The summed E-state index contributed by atoms with van der Waals surface area (Å²) in [6, 6.07) is 0.0171. The highest BCUT2D eigenvalue weighted by atomic mass is 16.2. The number of amides is 1. The number of nitrogens with one attached hydrogen (secondary N) is 2. The molecule has 4 heteroatoms. The fourth-order valence-electron chi connectivity index (χ4n) is 3.40. The van der Waals surface area contributed by atoms with Crippen molar-refractivity contribution in [2.24, 2.45) is 11.8 Å². The molecule has 2 fully saturated rings. The summed E-state index contributed by atoms with van der Waals surface area (Å²) >= 11 is 0. The van der Waals surface area contributed by atoms with Gasteiger partial charge in [-0.05, 0) is 25.2 Å². The third-order valence-corrected chi connectivity index (χ3v) is 5.07. The van der Waals surface area contributed by atoms with Gasteiger partial charge in [0.05, 0.1) is 6.04 Å². The zero-order valence-electron chi connectivity index (χ0n) is 13.2. The molecule has 116 valence electrons. The zero-order valence-corrected chi connectivity index (χ0v) is 13.2. The lowest BCUT2D eigenvalue weighted by atomic mass is 9.81. The molecule has 4 nitrogen and oxygen atoms in total. The van der Waals surface area contributed by atoms with Crippen LogP contribution in [0.25, 0.3) is 0 Å². The molecule has 1 saturated carbocycles. The lowest BCUT2D eigenvalue weighted by Crippen LogP contribution is -2.52. The van der Waals surface area contributed by atoms with Gasteiger partial charge < -0.3 is 10.6 Å². The lowest BCUT2D eigenvalue weighted by molar-refractivity contribution is -0.126. The Morgan fingerprint density at radius 3 is 2.55 bits per heavy atom. The van der Waals surface area contributed by atoms with Crippen LogP contribution in [-0.2, 0) is 4.79 Å². The van der Waals surface area contributed by atoms with E-state index in [1.165, 1.54) is 25.7 Å². The molecule has 1 unspecified atom stereocenters. The van der Waals surface area contributed by atoms with Crippen molar-refractivity contribution in [1.82, 2.24) is 15.5 Å². The number of carbonyl (C=O) groups excluding carboxylic acids is 1. The van der Waals surface area contributed by atoms with Gasteiger partial charge >= 0.3 is 0 Å². The van der Waals surface area contributed by atoms with E-state index in [4.69, 9.17) is 0 Å². The monoisotopic (exact) mass is 281 g/mol. The average Bonchev–Trinajstić information content (AvgIpc) is 2.49. The van der Waals surface area contributed by atoms with Gasteiger partial charge in [-0.1, -0.05) is 32.6 Å². The standard InChI is InChI=1S/C16H31N3O/c1-13-3-5-15(6-4-13)7-8-18-16(20)14(2)19-11-9-17-10-12-19/h13-15,17H,3-12H2,1-2H3,(H,18,20). The van der Waals surface area contributed by atoms with Gasteiger partial charge in [0.2, 0.25) is 5.91 Å². The van der Waals surface area contributed by atoms with Gasteiger partial charge in [-0.2, -0.15) is 0 Å². The summed E-state index contributed by atoms with van der Waals surface area (Å²) in [6.45, 7) is 9.20. The van der Waals surface area contributed by atoms with Crippen LogP contribution in [0.3, 0.4) is 0 Å².